The van der Waals surface area contributed by atoms with Crippen molar-refractivity contribution in [3.8, 4) is 0 Å². The van der Waals surface area contributed by atoms with E-state index in [-0.39, 0.29) is 11.7 Å². The summed E-state index contributed by atoms with van der Waals surface area (Å²) in [7, 11) is 0. The number of carboxylic acids is 1. The van der Waals surface area contributed by atoms with Gasteiger partial charge in [0.1, 0.15) is 5.76 Å². The molecule has 0 unspecified atom stereocenters. The Hall–Kier alpha value is -2.21. The molecule has 0 spiro atoms. The summed E-state index contributed by atoms with van der Waals surface area (Å²) in [5, 5.41) is 11.6. The van der Waals surface area contributed by atoms with Gasteiger partial charge in [0, 0.05) is 23.1 Å². The number of furan rings is 1. The van der Waals surface area contributed by atoms with Gasteiger partial charge < -0.3 is 14.8 Å². The van der Waals surface area contributed by atoms with Crippen molar-refractivity contribution in [1.29, 1.82) is 0 Å². The highest BCUT2D eigenvalue weighted by Crippen LogP contribution is 2.26. The van der Waals surface area contributed by atoms with Crippen molar-refractivity contribution in [2.75, 3.05) is 5.32 Å². The number of aryl methyl sites for hydroxylation is 1. The number of hydrogen-bond donors (Lipinski definition) is 2. The number of hydrogen-bond acceptors (Lipinski definition) is 4. The van der Waals surface area contributed by atoms with Crippen molar-refractivity contribution in [1.82, 2.24) is 0 Å². The molecule has 1 heterocycles. The van der Waals surface area contributed by atoms with Gasteiger partial charge >= 0.3 is 5.97 Å². The minimum atomic E-state index is -1.05. The average Bonchev–Trinajstić information content (AvgIpc) is 2.79. The van der Waals surface area contributed by atoms with E-state index in [0.717, 1.165) is 10.6 Å². The molecule has 0 saturated heterocycles. The molecular weight excluding hydrogens is 290 g/mol. The standard InChI is InChI=1S/C15H15NO4S/c1-9-7-12(20-14(9)15(18)19)8-21-13-5-3-11(4-6-13)16-10(2)17/h3-7H,8H2,1-2H3,(H,16,17)(H,18,19). The van der Waals surface area contributed by atoms with E-state index in [9.17, 15) is 9.59 Å². The Bertz CT molecular complexity index is 661. The van der Waals surface area contributed by atoms with Crippen LogP contribution in [0.15, 0.2) is 39.6 Å². The van der Waals surface area contributed by atoms with Gasteiger partial charge in [-0.05, 0) is 37.3 Å². The Labute approximate surface area is 126 Å². The van der Waals surface area contributed by atoms with Crippen molar-refractivity contribution in [2.45, 2.75) is 24.5 Å². The first-order valence-corrected chi connectivity index (χ1v) is 7.27. The lowest BCUT2D eigenvalue weighted by molar-refractivity contribution is -0.114. The molecule has 21 heavy (non-hydrogen) atoms. The average molecular weight is 305 g/mol. The maximum atomic E-state index is 10.9. The Kier molecular flexibility index (Phi) is 4.70. The van der Waals surface area contributed by atoms with Gasteiger partial charge in [0.25, 0.3) is 0 Å². The van der Waals surface area contributed by atoms with Crippen molar-refractivity contribution >= 4 is 29.3 Å². The number of amides is 1. The molecule has 1 amide bonds. The topological polar surface area (TPSA) is 79.5 Å². The molecule has 0 fully saturated rings. The van der Waals surface area contributed by atoms with Gasteiger partial charge in [-0.25, -0.2) is 4.79 Å². The largest absolute Gasteiger partial charge is 0.475 e. The molecule has 0 radical (unpaired) electrons. The van der Waals surface area contributed by atoms with Gasteiger partial charge in [0.05, 0.1) is 5.75 Å². The smallest absolute Gasteiger partial charge is 0.372 e. The zero-order valence-corrected chi connectivity index (χ0v) is 12.5. The van der Waals surface area contributed by atoms with Crippen LogP contribution in [0.25, 0.3) is 0 Å². The minimum absolute atomic E-state index is 0.00777. The van der Waals surface area contributed by atoms with Crippen LogP contribution in [0.5, 0.6) is 0 Å². The SMILES string of the molecule is CC(=O)Nc1ccc(SCc2cc(C)c(C(=O)O)o2)cc1. The number of carbonyl (C=O) groups is 2. The molecule has 1 aromatic carbocycles. The predicted octanol–water partition coefficient (Wildman–Crippen LogP) is 3.54. The van der Waals surface area contributed by atoms with E-state index in [0.29, 0.717) is 17.1 Å². The highest BCUT2D eigenvalue weighted by atomic mass is 32.2. The number of rotatable bonds is 5. The van der Waals surface area contributed by atoms with Crippen LogP contribution in [-0.2, 0) is 10.5 Å². The predicted molar refractivity (Wildman–Crippen MR) is 80.7 cm³/mol. The second-order valence-corrected chi connectivity index (χ2v) is 5.57. The summed E-state index contributed by atoms with van der Waals surface area (Å²) in [6.45, 7) is 3.17. The molecule has 0 saturated carbocycles. The normalized spacial score (nSPS) is 10.4. The number of benzene rings is 1. The first-order valence-electron chi connectivity index (χ1n) is 6.29. The summed E-state index contributed by atoms with van der Waals surface area (Å²) in [6, 6.07) is 9.16. The molecule has 2 rings (SSSR count). The molecule has 110 valence electrons. The number of nitrogens with one attached hydrogen (secondary N) is 1. The lowest BCUT2D eigenvalue weighted by atomic mass is 10.3. The molecular formula is C15H15NO4S. The minimum Gasteiger partial charge on any atom is -0.475 e. The van der Waals surface area contributed by atoms with Gasteiger partial charge in [0.2, 0.25) is 11.7 Å². The van der Waals surface area contributed by atoms with Crippen LogP contribution in [-0.4, -0.2) is 17.0 Å². The molecule has 2 N–H and O–H groups in total. The van der Waals surface area contributed by atoms with Crippen LogP contribution in [0, 0.1) is 6.92 Å². The third kappa shape index (κ3) is 4.13. The number of thioether (sulfide) groups is 1. The molecule has 0 aliphatic rings. The molecule has 0 aliphatic carbocycles. The summed E-state index contributed by atoms with van der Waals surface area (Å²) in [5.74, 6) is 0.00617. The van der Waals surface area contributed by atoms with Crippen LogP contribution in [0.1, 0.15) is 28.8 Å². The molecule has 0 atom stereocenters. The number of carbonyl (C=O) groups excluding carboxylic acids is 1. The Balaban J connectivity index is 1.98. The Morgan fingerprint density at radius 2 is 1.95 bits per heavy atom. The van der Waals surface area contributed by atoms with E-state index in [1.807, 2.05) is 24.3 Å². The molecule has 1 aromatic heterocycles. The van der Waals surface area contributed by atoms with Gasteiger partial charge in [-0.15, -0.1) is 11.8 Å². The van der Waals surface area contributed by atoms with Crippen LogP contribution in [0.2, 0.25) is 0 Å². The lowest BCUT2D eigenvalue weighted by Gasteiger charge is -2.03. The fourth-order valence-corrected chi connectivity index (χ4v) is 2.60. The summed E-state index contributed by atoms with van der Waals surface area (Å²) < 4.78 is 5.30. The van der Waals surface area contributed by atoms with Crippen LogP contribution >= 0.6 is 11.8 Å². The summed E-state index contributed by atoms with van der Waals surface area (Å²) in [4.78, 5) is 22.8. The third-order valence-electron chi connectivity index (χ3n) is 2.72. The van der Waals surface area contributed by atoms with E-state index >= 15 is 0 Å². The second kappa shape index (κ2) is 6.49. The zero-order chi connectivity index (χ0) is 15.4. The summed E-state index contributed by atoms with van der Waals surface area (Å²) in [6.07, 6.45) is 0. The first-order chi connectivity index (χ1) is 9.95. The highest BCUT2D eigenvalue weighted by Gasteiger charge is 2.14. The summed E-state index contributed by atoms with van der Waals surface area (Å²) in [5.41, 5.74) is 1.37. The van der Waals surface area contributed by atoms with E-state index in [1.165, 1.54) is 18.7 Å². The van der Waals surface area contributed by atoms with Gasteiger partial charge in [-0.2, -0.15) is 0 Å². The van der Waals surface area contributed by atoms with Crippen molar-refractivity contribution in [2.24, 2.45) is 0 Å². The molecule has 2 aromatic rings. The first kappa shape index (κ1) is 15.2. The quantitative estimate of drug-likeness (QED) is 0.826. The Morgan fingerprint density at radius 3 is 2.48 bits per heavy atom. The van der Waals surface area contributed by atoms with Crippen LogP contribution in [0.3, 0.4) is 0 Å². The maximum absolute atomic E-state index is 10.9. The second-order valence-electron chi connectivity index (χ2n) is 4.52. The molecule has 6 heteroatoms. The zero-order valence-electron chi connectivity index (χ0n) is 11.7. The monoisotopic (exact) mass is 305 g/mol. The number of aromatic carboxylic acids is 1. The van der Waals surface area contributed by atoms with Crippen LogP contribution in [0.4, 0.5) is 5.69 Å². The third-order valence-corrected chi connectivity index (χ3v) is 3.75. The van der Waals surface area contributed by atoms with Gasteiger partial charge in [-0.3, -0.25) is 4.79 Å². The molecule has 0 aliphatic heterocycles. The van der Waals surface area contributed by atoms with Crippen LogP contribution < -0.4 is 5.32 Å². The fraction of sp³-hybridized carbons (Fsp3) is 0.200. The van der Waals surface area contributed by atoms with Gasteiger partial charge in [-0.1, -0.05) is 0 Å². The van der Waals surface area contributed by atoms with E-state index in [4.69, 9.17) is 9.52 Å². The number of anilines is 1. The number of carboxylic acid groups (broad SMARTS) is 1. The van der Waals surface area contributed by atoms with E-state index < -0.39 is 5.97 Å². The summed E-state index contributed by atoms with van der Waals surface area (Å²) >= 11 is 1.54. The molecule has 5 nitrogen and oxygen atoms in total. The molecule has 0 bridgehead atoms. The fourth-order valence-electron chi connectivity index (χ4n) is 1.82. The van der Waals surface area contributed by atoms with Crippen molar-refractivity contribution in [3.63, 3.8) is 0 Å². The van der Waals surface area contributed by atoms with Crippen molar-refractivity contribution in [3.05, 3.63) is 47.4 Å². The maximum Gasteiger partial charge on any atom is 0.372 e. The highest BCUT2D eigenvalue weighted by molar-refractivity contribution is 7.98. The van der Waals surface area contributed by atoms with Gasteiger partial charge in [0.15, 0.2) is 0 Å². The van der Waals surface area contributed by atoms with Crippen molar-refractivity contribution < 1.29 is 19.1 Å². The van der Waals surface area contributed by atoms with E-state index in [1.54, 1.807) is 13.0 Å². The Morgan fingerprint density at radius 1 is 1.29 bits per heavy atom. The van der Waals surface area contributed by atoms with E-state index in [2.05, 4.69) is 5.32 Å². The lowest BCUT2D eigenvalue weighted by Crippen LogP contribution is -2.05.